The molecule has 2 saturated carbocycles. The molecule has 1 heterocycles. The zero-order valence-corrected chi connectivity index (χ0v) is 18.7. The number of benzene rings is 2. The average molecular weight is 445 g/mol. The molecule has 0 spiro atoms. The van der Waals surface area contributed by atoms with E-state index in [9.17, 15) is 14.7 Å². The lowest BCUT2D eigenvalue weighted by molar-refractivity contribution is 0.102. The molecular formula is C26H28N4O3. The number of carbonyl (C=O) groups is 2. The molecule has 0 aliphatic heterocycles. The molecule has 0 unspecified atom stereocenters. The lowest BCUT2D eigenvalue weighted by atomic mass is 10.0. The van der Waals surface area contributed by atoms with Gasteiger partial charge in [-0.2, -0.15) is 9.78 Å². The van der Waals surface area contributed by atoms with Gasteiger partial charge in [0.15, 0.2) is 0 Å². The minimum absolute atomic E-state index is 0.0496. The molecule has 1 aromatic heterocycles. The van der Waals surface area contributed by atoms with Crippen LogP contribution in [0.3, 0.4) is 0 Å². The number of carbonyl (C=O) groups excluding carboxylic acids is 2. The number of rotatable bonds is 5. The number of amides is 2. The minimum Gasteiger partial charge on any atom is -0.507 e. The Morgan fingerprint density at radius 1 is 1.00 bits per heavy atom. The van der Waals surface area contributed by atoms with Crippen LogP contribution >= 0.6 is 0 Å². The van der Waals surface area contributed by atoms with Crippen molar-refractivity contribution in [2.75, 3.05) is 5.32 Å². The minimum atomic E-state index is -0.229. The maximum Gasteiger partial charge on any atom is 0.342 e. The maximum atomic E-state index is 12.9. The van der Waals surface area contributed by atoms with Crippen LogP contribution in [0.5, 0.6) is 5.75 Å². The van der Waals surface area contributed by atoms with Gasteiger partial charge in [-0.05, 0) is 69.0 Å². The van der Waals surface area contributed by atoms with E-state index in [1.807, 2.05) is 25.1 Å². The number of aryl methyl sites for hydroxylation is 1. The van der Waals surface area contributed by atoms with Crippen molar-refractivity contribution in [3.8, 4) is 17.0 Å². The summed E-state index contributed by atoms with van der Waals surface area (Å²) in [7, 11) is 0. The summed E-state index contributed by atoms with van der Waals surface area (Å²) in [6.07, 6.45) is 6.34. The summed E-state index contributed by atoms with van der Waals surface area (Å²) in [6, 6.07) is 14.2. The van der Waals surface area contributed by atoms with Crippen molar-refractivity contribution in [1.82, 2.24) is 15.1 Å². The van der Waals surface area contributed by atoms with Gasteiger partial charge >= 0.3 is 6.03 Å². The molecule has 0 radical (unpaired) electrons. The number of anilines is 1. The number of aromatic hydroxyl groups is 1. The zero-order valence-electron chi connectivity index (χ0n) is 18.7. The first kappa shape index (κ1) is 21.2. The normalized spacial score (nSPS) is 16.0. The molecule has 0 saturated heterocycles. The van der Waals surface area contributed by atoms with Crippen LogP contribution in [0.1, 0.15) is 66.1 Å². The number of phenolic OH excluding ortho intramolecular Hbond substituents is 1. The summed E-state index contributed by atoms with van der Waals surface area (Å²) >= 11 is 0. The Bertz CT molecular complexity index is 1190. The Hall–Kier alpha value is -3.61. The number of phenols is 1. The second kappa shape index (κ2) is 8.73. The van der Waals surface area contributed by atoms with Gasteiger partial charge in [-0.1, -0.05) is 30.5 Å². The molecule has 2 aromatic carbocycles. The molecule has 7 heteroatoms. The van der Waals surface area contributed by atoms with Crippen molar-refractivity contribution in [1.29, 1.82) is 0 Å². The topological polar surface area (TPSA) is 96.2 Å². The molecule has 2 aliphatic rings. The summed E-state index contributed by atoms with van der Waals surface area (Å²) in [5.74, 6) is 0.101. The van der Waals surface area contributed by atoms with Gasteiger partial charge in [0, 0.05) is 28.8 Å². The molecular weight excluding hydrogens is 416 g/mol. The second-order valence-electron chi connectivity index (χ2n) is 9.12. The van der Waals surface area contributed by atoms with Gasteiger partial charge in [-0.3, -0.25) is 4.79 Å². The van der Waals surface area contributed by atoms with Crippen molar-refractivity contribution in [3.63, 3.8) is 0 Å². The number of aromatic nitrogens is 2. The van der Waals surface area contributed by atoms with Crippen molar-refractivity contribution >= 4 is 17.6 Å². The molecule has 2 fully saturated rings. The first-order valence-electron chi connectivity index (χ1n) is 11.6. The van der Waals surface area contributed by atoms with E-state index in [2.05, 4.69) is 15.7 Å². The molecule has 5 rings (SSSR count). The maximum absolute atomic E-state index is 12.9. The highest BCUT2D eigenvalue weighted by atomic mass is 16.3. The molecule has 3 aromatic rings. The number of hydrogen-bond acceptors (Lipinski definition) is 4. The Labute approximate surface area is 192 Å². The fourth-order valence-corrected chi connectivity index (χ4v) is 4.39. The molecule has 3 N–H and O–H groups in total. The van der Waals surface area contributed by atoms with E-state index in [-0.39, 0.29) is 29.6 Å². The zero-order chi connectivity index (χ0) is 22.9. The number of hydrogen-bond donors (Lipinski definition) is 3. The van der Waals surface area contributed by atoms with Gasteiger partial charge in [0.25, 0.3) is 5.91 Å². The highest BCUT2D eigenvalue weighted by Gasteiger charge is 2.29. The second-order valence-corrected chi connectivity index (χ2v) is 9.12. The average Bonchev–Trinajstić information content (AvgIpc) is 3.26. The van der Waals surface area contributed by atoms with Crippen molar-refractivity contribution in [2.24, 2.45) is 0 Å². The van der Waals surface area contributed by atoms with Crippen LogP contribution in [-0.4, -0.2) is 32.9 Å². The predicted octanol–water partition coefficient (Wildman–Crippen LogP) is 5.19. The van der Waals surface area contributed by atoms with E-state index in [4.69, 9.17) is 0 Å². The van der Waals surface area contributed by atoms with Gasteiger partial charge in [0.1, 0.15) is 5.75 Å². The fourth-order valence-electron chi connectivity index (χ4n) is 4.39. The molecule has 0 atom stereocenters. The van der Waals surface area contributed by atoms with Gasteiger partial charge < -0.3 is 15.7 Å². The monoisotopic (exact) mass is 444 g/mol. The summed E-state index contributed by atoms with van der Waals surface area (Å²) in [4.78, 5) is 25.5. The highest BCUT2D eigenvalue weighted by molar-refractivity contribution is 6.04. The van der Waals surface area contributed by atoms with Gasteiger partial charge in [-0.15, -0.1) is 0 Å². The van der Waals surface area contributed by atoms with Crippen LogP contribution in [0, 0.1) is 6.92 Å². The van der Waals surface area contributed by atoms with Crippen LogP contribution in [0.4, 0.5) is 10.5 Å². The Balaban J connectivity index is 1.44. The van der Waals surface area contributed by atoms with Crippen LogP contribution in [0.2, 0.25) is 0 Å². The highest BCUT2D eigenvalue weighted by Crippen LogP contribution is 2.38. The van der Waals surface area contributed by atoms with Crippen LogP contribution in [0.15, 0.2) is 48.5 Å². The summed E-state index contributed by atoms with van der Waals surface area (Å²) < 4.78 is 1.47. The SMILES string of the molecule is Cc1ccc(C(=O)Nc2ccc(O)c(-c3cc(C4CCCC4)n(C(=O)NC4CC4)n3)c2)cc1. The quantitative estimate of drug-likeness (QED) is 0.472. The van der Waals surface area contributed by atoms with Crippen molar-refractivity contribution < 1.29 is 14.7 Å². The van der Waals surface area contributed by atoms with Gasteiger partial charge in [-0.25, -0.2) is 4.79 Å². The predicted molar refractivity (Wildman–Crippen MR) is 127 cm³/mol. The van der Waals surface area contributed by atoms with E-state index < -0.39 is 0 Å². The Kier molecular flexibility index (Phi) is 5.62. The molecule has 170 valence electrons. The summed E-state index contributed by atoms with van der Waals surface area (Å²) in [5.41, 5.74) is 4.07. The number of nitrogens with one attached hydrogen (secondary N) is 2. The largest absolute Gasteiger partial charge is 0.507 e. The van der Waals surface area contributed by atoms with Crippen LogP contribution in [-0.2, 0) is 0 Å². The standard InChI is InChI=1S/C26H28N4O3/c1-16-6-8-18(9-7-16)25(32)27-20-12-13-24(31)21(14-20)22-15-23(17-4-2-3-5-17)30(29-22)26(33)28-19-10-11-19/h6-9,12-15,17,19,31H,2-5,10-11H2,1H3,(H,27,32)(H,28,33). The molecule has 0 bridgehead atoms. The van der Waals surface area contributed by atoms with E-state index >= 15 is 0 Å². The van der Waals surface area contributed by atoms with E-state index in [0.717, 1.165) is 49.8 Å². The van der Waals surface area contributed by atoms with Crippen LogP contribution in [0.25, 0.3) is 11.3 Å². The first-order valence-corrected chi connectivity index (χ1v) is 11.6. The van der Waals surface area contributed by atoms with Gasteiger partial charge in [0.05, 0.1) is 11.4 Å². The summed E-state index contributed by atoms with van der Waals surface area (Å²) in [6.45, 7) is 1.97. The smallest absolute Gasteiger partial charge is 0.342 e. The number of nitrogens with zero attached hydrogens (tertiary/aromatic N) is 2. The van der Waals surface area contributed by atoms with Crippen molar-refractivity contribution in [2.45, 2.75) is 57.4 Å². The Morgan fingerprint density at radius 2 is 1.73 bits per heavy atom. The van der Waals surface area contributed by atoms with Crippen molar-refractivity contribution in [3.05, 3.63) is 65.4 Å². The lowest BCUT2D eigenvalue weighted by Crippen LogP contribution is -2.32. The van der Waals surface area contributed by atoms with E-state index in [1.54, 1.807) is 30.3 Å². The van der Waals surface area contributed by atoms with Crippen LogP contribution < -0.4 is 10.6 Å². The lowest BCUT2D eigenvalue weighted by Gasteiger charge is -2.11. The molecule has 7 nitrogen and oxygen atoms in total. The van der Waals surface area contributed by atoms with E-state index in [1.165, 1.54) is 4.68 Å². The third kappa shape index (κ3) is 4.62. The van der Waals surface area contributed by atoms with Gasteiger partial charge in [0.2, 0.25) is 0 Å². The third-order valence-corrected chi connectivity index (χ3v) is 6.45. The molecule has 33 heavy (non-hydrogen) atoms. The summed E-state index contributed by atoms with van der Waals surface area (Å²) in [5, 5.41) is 21.1. The third-order valence-electron chi connectivity index (χ3n) is 6.45. The first-order chi connectivity index (χ1) is 16.0. The Morgan fingerprint density at radius 3 is 2.42 bits per heavy atom. The van der Waals surface area contributed by atoms with E-state index in [0.29, 0.717) is 22.5 Å². The fraction of sp³-hybridized carbons (Fsp3) is 0.346. The molecule has 2 aliphatic carbocycles. The molecule has 2 amide bonds.